The van der Waals surface area contributed by atoms with Crippen LogP contribution in [-0.4, -0.2) is 26.7 Å². The molecule has 0 heterocycles. The molecule has 1 aliphatic carbocycles. The highest BCUT2D eigenvalue weighted by Crippen LogP contribution is 2.40. The maximum absolute atomic E-state index is 12.7. The van der Waals surface area contributed by atoms with E-state index >= 15 is 0 Å². The van der Waals surface area contributed by atoms with E-state index in [-0.39, 0.29) is 16.9 Å². The van der Waals surface area contributed by atoms with Crippen LogP contribution in [0.4, 0.5) is 0 Å². The Kier molecular flexibility index (Phi) is 6.50. The Labute approximate surface area is 167 Å². The van der Waals surface area contributed by atoms with Crippen molar-refractivity contribution in [1.29, 1.82) is 5.26 Å². The van der Waals surface area contributed by atoms with Gasteiger partial charge in [-0.05, 0) is 66.5 Å². The zero-order valence-electron chi connectivity index (χ0n) is 15.9. The Morgan fingerprint density at radius 1 is 1.00 bits per heavy atom. The van der Waals surface area contributed by atoms with Gasteiger partial charge < -0.3 is 5.11 Å². The number of hydrogen-bond acceptors (Lipinski definition) is 4. The van der Waals surface area contributed by atoms with Crippen molar-refractivity contribution < 1.29 is 13.5 Å². The Bertz CT molecular complexity index is 923. The van der Waals surface area contributed by atoms with Crippen LogP contribution in [0.15, 0.2) is 53.4 Å². The number of hydrogen-bond donors (Lipinski definition) is 2. The minimum absolute atomic E-state index is 0.0713. The van der Waals surface area contributed by atoms with Crippen LogP contribution in [0, 0.1) is 16.7 Å². The van der Waals surface area contributed by atoms with E-state index in [1.807, 2.05) is 18.2 Å². The van der Waals surface area contributed by atoms with Crippen LogP contribution in [0.3, 0.4) is 0 Å². The summed E-state index contributed by atoms with van der Waals surface area (Å²) >= 11 is 0. The normalized spacial score (nSPS) is 16.0. The molecule has 3 rings (SSSR count). The average molecular weight is 399 g/mol. The fourth-order valence-corrected chi connectivity index (χ4v) is 5.12. The van der Waals surface area contributed by atoms with E-state index in [9.17, 15) is 8.42 Å². The number of nitrogens with zero attached hydrogens (tertiary/aromatic N) is 1. The van der Waals surface area contributed by atoms with Crippen LogP contribution in [0.5, 0.6) is 0 Å². The summed E-state index contributed by atoms with van der Waals surface area (Å²) in [6.07, 6.45) is 5.71. The van der Waals surface area contributed by atoms with E-state index in [2.05, 4.69) is 16.9 Å². The zero-order chi connectivity index (χ0) is 20.0. The maximum atomic E-state index is 12.7. The summed E-state index contributed by atoms with van der Waals surface area (Å²) in [5, 5.41) is 17.9. The summed E-state index contributed by atoms with van der Waals surface area (Å²) < 4.78 is 28.2. The van der Waals surface area contributed by atoms with E-state index < -0.39 is 10.0 Å². The molecule has 2 N–H and O–H groups in total. The van der Waals surface area contributed by atoms with Gasteiger partial charge in [0.2, 0.25) is 10.0 Å². The molecule has 0 atom stereocenters. The summed E-state index contributed by atoms with van der Waals surface area (Å²) in [5.74, 6) is 0. The van der Waals surface area contributed by atoms with Crippen molar-refractivity contribution in [1.82, 2.24) is 4.72 Å². The fraction of sp³-hybridized carbons (Fsp3) is 0.409. The van der Waals surface area contributed by atoms with E-state index in [0.29, 0.717) is 18.5 Å². The van der Waals surface area contributed by atoms with Gasteiger partial charge in [-0.3, -0.25) is 0 Å². The molecule has 0 unspecified atom stereocenters. The van der Waals surface area contributed by atoms with Crippen LogP contribution in [-0.2, 0) is 22.9 Å². The summed E-state index contributed by atoms with van der Waals surface area (Å²) in [7, 11) is -3.60. The second-order valence-corrected chi connectivity index (χ2v) is 9.40. The minimum Gasteiger partial charge on any atom is -0.396 e. The van der Waals surface area contributed by atoms with Crippen molar-refractivity contribution in [2.75, 3.05) is 13.2 Å². The quantitative estimate of drug-likeness (QED) is 0.715. The lowest BCUT2D eigenvalue weighted by Crippen LogP contribution is -2.37. The first kappa shape index (κ1) is 20.5. The minimum atomic E-state index is -3.60. The predicted molar refractivity (Wildman–Crippen MR) is 108 cm³/mol. The largest absolute Gasteiger partial charge is 0.396 e. The van der Waals surface area contributed by atoms with E-state index in [1.165, 1.54) is 29.8 Å². The number of aliphatic hydroxyl groups is 1. The number of nitrogens with one attached hydrogen (secondary N) is 1. The topological polar surface area (TPSA) is 90.2 Å². The number of sulfonamides is 1. The smallest absolute Gasteiger partial charge is 0.240 e. The van der Waals surface area contributed by atoms with Gasteiger partial charge in [0, 0.05) is 13.2 Å². The molecule has 6 heteroatoms. The Morgan fingerprint density at radius 3 is 2.18 bits per heavy atom. The molecule has 2 aromatic rings. The molecule has 0 radical (unpaired) electrons. The van der Waals surface area contributed by atoms with Gasteiger partial charge in [-0.25, -0.2) is 13.1 Å². The Hall–Kier alpha value is -2.20. The fourth-order valence-electron chi connectivity index (χ4n) is 3.97. The third-order valence-electron chi connectivity index (χ3n) is 5.60. The van der Waals surface area contributed by atoms with Crippen molar-refractivity contribution in [2.24, 2.45) is 5.41 Å². The van der Waals surface area contributed by atoms with Gasteiger partial charge in [0.1, 0.15) is 0 Å². The standard InChI is InChI=1S/C22H26N2O3S/c23-16-20-7-9-21(10-8-20)28(26,27)24-17-22(12-1-2-13-22)15-19-5-3-18(4-6-19)11-14-25/h3-10,24-25H,1-2,11-15,17H2. The summed E-state index contributed by atoms with van der Waals surface area (Å²) in [6, 6.07) is 16.2. The highest BCUT2D eigenvalue weighted by atomic mass is 32.2. The van der Waals surface area contributed by atoms with Gasteiger partial charge in [-0.2, -0.15) is 5.26 Å². The van der Waals surface area contributed by atoms with Crippen LogP contribution in [0.2, 0.25) is 0 Å². The van der Waals surface area contributed by atoms with Crippen LogP contribution in [0.1, 0.15) is 42.4 Å². The van der Waals surface area contributed by atoms with Gasteiger partial charge in [0.25, 0.3) is 0 Å². The van der Waals surface area contributed by atoms with Gasteiger partial charge in [-0.15, -0.1) is 0 Å². The highest BCUT2D eigenvalue weighted by molar-refractivity contribution is 7.89. The summed E-state index contributed by atoms with van der Waals surface area (Å²) in [5.41, 5.74) is 2.67. The summed E-state index contributed by atoms with van der Waals surface area (Å²) in [4.78, 5) is 0.188. The third-order valence-corrected chi connectivity index (χ3v) is 7.01. The first-order valence-corrected chi connectivity index (χ1v) is 11.1. The Balaban J connectivity index is 1.70. The maximum Gasteiger partial charge on any atom is 0.240 e. The Morgan fingerprint density at radius 2 is 1.61 bits per heavy atom. The molecule has 1 saturated carbocycles. The van der Waals surface area contributed by atoms with Gasteiger partial charge in [-0.1, -0.05) is 37.1 Å². The zero-order valence-corrected chi connectivity index (χ0v) is 16.7. The molecular formula is C22H26N2O3S. The second kappa shape index (κ2) is 8.87. The molecule has 2 aromatic carbocycles. The molecule has 1 aliphatic rings. The molecule has 0 saturated heterocycles. The predicted octanol–water partition coefficient (Wildman–Crippen LogP) is 3.17. The molecule has 0 amide bonds. The van der Waals surface area contributed by atoms with Crippen molar-refractivity contribution in [3.05, 3.63) is 65.2 Å². The number of aliphatic hydroxyl groups excluding tert-OH is 1. The van der Waals surface area contributed by atoms with E-state index in [0.717, 1.165) is 37.7 Å². The van der Waals surface area contributed by atoms with Crippen molar-refractivity contribution in [2.45, 2.75) is 43.4 Å². The van der Waals surface area contributed by atoms with Crippen LogP contribution < -0.4 is 4.72 Å². The van der Waals surface area contributed by atoms with E-state index in [4.69, 9.17) is 10.4 Å². The van der Waals surface area contributed by atoms with Crippen molar-refractivity contribution in [3.8, 4) is 6.07 Å². The van der Waals surface area contributed by atoms with Crippen molar-refractivity contribution in [3.63, 3.8) is 0 Å². The lowest BCUT2D eigenvalue weighted by molar-refractivity contribution is 0.294. The van der Waals surface area contributed by atoms with E-state index in [1.54, 1.807) is 0 Å². The molecule has 28 heavy (non-hydrogen) atoms. The van der Waals surface area contributed by atoms with Crippen LogP contribution in [0.25, 0.3) is 0 Å². The third kappa shape index (κ3) is 4.99. The van der Waals surface area contributed by atoms with Crippen LogP contribution >= 0.6 is 0 Å². The monoisotopic (exact) mass is 398 g/mol. The number of nitriles is 1. The molecule has 1 fully saturated rings. The molecule has 0 spiro atoms. The second-order valence-electron chi connectivity index (χ2n) is 7.63. The lowest BCUT2D eigenvalue weighted by Gasteiger charge is -2.29. The molecule has 0 bridgehead atoms. The van der Waals surface area contributed by atoms with Gasteiger partial charge in [0.05, 0.1) is 16.5 Å². The van der Waals surface area contributed by atoms with Crippen molar-refractivity contribution >= 4 is 10.0 Å². The average Bonchev–Trinajstić information content (AvgIpc) is 3.17. The molecule has 0 aromatic heterocycles. The first-order chi connectivity index (χ1) is 13.5. The number of benzene rings is 2. The molecule has 0 aliphatic heterocycles. The lowest BCUT2D eigenvalue weighted by atomic mass is 9.80. The summed E-state index contributed by atoms with van der Waals surface area (Å²) in [6.45, 7) is 0.550. The molecule has 148 valence electrons. The number of rotatable bonds is 8. The molecule has 5 nitrogen and oxygen atoms in total. The molecular weight excluding hydrogens is 372 g/mol. The SMILES string of the molecule is N#Cc1ccc(S(=O)(=O)NCC2(Cc3ccc(CCO)cc3)CCCC2)cc1. The van der Waals surface area contributed by atoms with Gasteiger partial charge >= 0.3 is 0 Å². The first-order valence-electron chi connectivity index (χ1n) is 9.65. The highest BCUT2D eigenvalue weighted by Gasteiger charge is 2.35. The van der Waals surface area contributed by atoms with Gasteiger partial charge in [0.15, 0.2) is 0 Å².